The number of pyridine rings is 1. The van der Waals surface area contributed by atoms with Gasteiger partial charge in [0.05, 0.1) is 0 Å². The van der Waals surface area contributed by atoms with Gasteiger partial charge in [0.1, 0.15) is 7.05 Å². The van der Waals surface area contributed by atoms with Crippen LogP contribution in [0.3, 0.4) is 0 Å². The summed E-state index contributed by atoms with van der Waals surface area (Å²) in [5.41, 5.74) is 7.68. The van der Waals surface area contributed by atoms with E-state index in [1.165, 1.54) is 0 Å². The molecule has 1 aromatic carbocycles. The van der Waals surface area contributed by atoms with Gasteiger partial charge in [0.15, 0.2) is 12.4 Å². The summed E-state index contributed by atoms with van der Waals surface area (Å²) in [6.07, 6.45) is 3.84. The number of aromatic nitrogens is 1. The first-order chi connectivity index (χ1) is 11.6. The quantitative estimate of drug-likeness (QED) is 0.587. The summed E-state index contributed by atoms with van der Waals surface area (Å²) in [7, 11) is 1.93. The molecule has 0 aliphatic carbocycles. The molecule has 0 bridgehead atoms. The van der Waals surface area contributed by atoms with Gasteiger partial charge in [-0.2, -0.15) is 0 Å². The summed E-state index contributed by atoms with van der Waals surface area (Å²) in [6.45, 7) is 5.88. The fraction of sp³-hybridized carbons (Fsp3) is 0.316. The third-order valence-electron chi connectivity index (χ3n) is 3.66. The molecule has 0 unspecified atom stereocenters. The van der Waals surface area contributed by atoms with E-state index in [1.54, 1.807) is 18.2 Å². The first-order valence-corrected chi connectivity index (χ1v) is 8.09. The average Bonchev–Trinajstić information content (AvgIpc) is 2.52. The summed E-state index contributed by atoms with van der Waals surface area (Å²) >= 11 is 0. The molecule has 0 saturated carbocycles. The molecule has 1 heterocycles. The zero-order valence-electron chi connectivity index (χ0n) is 15.1. The van der Waals surface area contributed by atoms with Gasteiger partial charge in [-0.05, 0) is 23.8 Å². The maximum atomic E-state index is 12.4. The molecule has 0 atom stereocenters. The molecule has 0 aliphatic heterocycles. The van der Waals surface area contributed by atoms with Gasteiger partial charge in [-0.25, -0.2) is 4.57 Å². The van der Waals surface area contributed by atoms with E-state index < -0.39 is 5.41 Å². The van der Waals surface area contributed by atoms with Crippen LogP contribution in [-0.2, 0) is 18.4 Å². The number of aryl methyl sites for hydroxylation is 1. The number of carbonyl (C=O) groups is 2. The Balaban J connectivity index is 2.09. The lowest BCUT2D eigenvalue weighted by Crippen LogP contribution is -2.28. The normalized spacial score (nSPS) is 11.0. The highest BCUT2D eigenvalue weighted by Gasteiger charge is 2.21. The van der Waals surface area contributed by atoms with Crippen LogP contribution in [0.1, 0.15) is 36.7 Å². The third-order valence-corrected chi connectivity index (χ3v) is 3.66. The molecule has 6 nitrogen and oxygen atoms in total. The Morgan fingerprint density at radius 1 is 1.12 bits per heavy atom. The van der Waals surface area contributed by atoms with E-state index in [9.17, 15) is 9.59 Å². The summed E-state index contributed by atoms with van der Waals surface area (Å²) in [5.74, 6) is -0.381. The predicted molar refractivity (Wildman–Crippen MR) is 97.7 cm³/mol. The highest BCUT2D eigenvalue weighted by molar-refractivity contribution is 5.99. The largest absolute Gasteiger partial charge is 0.399 e. The number of nitrogen functional groups attached to an aromatic ring is 1. The number of nitrogens with one attached hydrogen (secondary N) is 2. The molecule has 25 heavy (non-hydrogen) atoms. The van der Waals surface area contributed by atoms with Gasteiger partial charge in [-0.1, -0.05) is 20.8 Å². The molecule has 6 heteroatoms. The van der Waals surface area contributed by atoms with Gasteiger partial charge in [-0.3, -0.25) is 9.59 Å². The van der Waals surface area contributed by atoms with E-state index in [0.29, 0.717) is 23.5 Å². The molecule has 0 aliphatic rings. The Hall–Kier alpha value is -2.89. The molecular weight excluding hydrogens is 316 g/mol. The van der Waals surface area contributed by atoms with Crippen molar-refractivity contribution < 1.29 is 14.2 Å². The van der Waals surface area contributed by atoms with Crippen LogP contribution in [0.4, 0.5) is 11.4 Å². The number of carbonyl (C=O) groups excluding carboxylic acids is 2. The highest BCUT2D eigenvalue weighted by Crippen LogP contribution is 2.21. The van der Waals surface area contributed by atoms with Gasteiger partial charge < -0.3 is 16.4 Å². The van der Waals surface area contributed by atoms with Gasteiger partial charge in [0.2, 0.25) is 5.91 Å². The van der Waals surface area contributed by atoms with E-state index in [4.69, 9.17) is 5.73 Å². The predicted octanol–water partition coefficient (Wildman–Crippen LogP) is 2.01. The van der Waals surface area contributed by atoms with E-state index in [1.807, 2.05) is 56.9 Å². The van der Waals surface area contributed by atoms with Gasteiger partial charge in [0, 0.05) is 41.0 Å². The number of anilines is 2. The molecule has 0 saturated heterocycles. The summed E-state index contributed by atoms with van der Waals surface area (Å²) < 4.78 is 1.92. The minimum Gasteiger partial charge on any atom is -0.399 e. The van der Waals surface area contributed by atoms with Crippen molar-refractivity contribution >= 4 is 23.2 Å². The number of rotatable bonds is 4. The second-order valence-corrected chi connectivity index (χ2v) is 7.10. The second kappa shape index (κ2) is 7.34. The molecule has 4 N–H and O–H groups in total. The Bertz CT molecular complexity index is 777. The summed E-state index contributed by atoms with van der Waals surface area (Å²) in [5, 5.41) is 5.65. The number of nitrogens with zero attached hydrogens (tertiary/aromatic N) is 1. The molecule has 2 aromatic rings. The minimum atomic E-state index is -0.531. The third kappa shape index (κ3) is 5.31. The molecule has 2 rings (SSSR count). The van der Waals surface area contributed by atoms with Crippen molar-refractivity contribution in [3.63, 3.8) is 0 Å². The average molecular weight is 341 g/mol. The van der Waals surface area contributed by atoms with Gasteiger partial charge in [-0.15, -0.1) is 0 Å². The summed E-state index contributed by atoms with van der Waals surface area (Å²) in [4.78, 5) is 24.5. The maximum absolute atomic E-state index is 12.4. The van der Waals surface area contributed by atoms with Crippen molar-refractivity contribution in [2.45, 2.75) is 27.3 Å². The number of hydrogen-bond acceptors (Lipinski definition) is 3. The summed E-state index contributed by atoms with van der Waals surface area (Å²) in [6, 6.07) is 8.73. The lowest BCUT2D eigenvalue weighted by molar-refractivity contribution is -0.671. The number of benzene rings is 1. The number of nitrogens with two attached hydrogens (primary N) is 1. The van der Waals surface area contributed by atoms with E-state index in [0.717, 1.165) is 5.56 Å². The van der Waals surface area contributed by atoms with Crippen molar-refractivity contribution in [3.05, 3.63) is 53.9 Å². The van der Waals surface area contributed by atoms with Crippen molar-refractivity contribution in [2.75, 3.05) is 11.1 Å². The molecule has 0 fully saturated rings. The Morgan fingerprint density at radius 3 is 2.36 bits per heavy atom. The van der Waals surface area contributed by atoms with E-state index in [2.05, 4.69) is 10.6 Å². The van der Waals surface area contributed by atoms with Crippen LogP contribution in [0.15, 0.2) is 42.7 Å². The van der Waals surface area contributed by atoms with Crippen LogP contribution < -0.4 is 20.9 Å². The Kier molecular flexibility index (Phi) is 5.41. The van der Waals surface area contributed by atoms with Crippen molar-refractivity contribution in [2.24, 2.45) is 12.5 Å². The maximum Gasteiger partial charge on any atom is 0.251 e. The lowest BCUT2D eigenvalue weighted by atomic mass is 9.95. The van der Waals surface area contributed by atoms with Crippen LogP contribution >= 0.6 is 0 Å². The van der Waals surface area contributed by atoms with Crippen LogP contribution in [0.5, 0.6) is 0 Å². The fourth-order valence-electron chi connectivity index (χ4n) is 2.11. The van der Waals surface area contributed by atoms with Crippen LogP contribution in [0, 0.1) is 5.41 Å². The van der Waals surface area contributed by atoms with Crippen LogP contribution in [0.25, 0.3) is 0 Å². The fourth-order valence-corrected chi connectivity index (χ4v) is 2.11. The molecule has 1 aromatic heterocycles. The number of amides is 2. The minimum absolute atomic E-state index is 0.137. The molecular formula is C19H25N4O2+. The van der Waals surface area contributed by atoms with Crippen molar-refractivity contribution in [3.8, 4) is 0 Å². The van der Waals surface area contributed by atoms with E-state index >= 15 is 0 Å². The van der Waals surface area contributed by atoms with E-state index in [-0.39, 0.29) is 11.8 Å². The van der Waals surface area contributed by atoms with Gasteiger partial charge >= 0.3 is 0 Å². The Morgan fingerprint density at radius 2 is 1.76 bits per heavy atom. The van der Waals surface area contributed by atoms with Gasteiger partial charge in [0.25, 0.3) is 5.91 Å². The lowest BCUT2D eigenvalue weighted by Gasteiger charge is -2.18. The van der Waals surface area contributed by atoms with Crippen molar-refractivity contribution in [1.29, 1.82) is 0 Å². The first kappa shape index (κ1) is 18.4. The van der Waals surface area contributed by atoms with Crippen LogP contribution in [0.2, 0.25) is 0 Å². The van der Waals surface area contributed by atoms with Crippen LogP contribution in [-0.4, -0.2) is 11.8 Å². The number of hydrogen-bond donors (Lipinski definition) is 3. The molecule has 0 spiro atoms. The monoisotopic (exact) mass is 341 g/mol. The topological polar surface area (TPSA) is 88.1 Å². The second-order valence-electron chi connectivity index (χ2n) is 7.10. The highest BCUT2D eigenvalue weighted by atomic mass is 16.2. The molecule has 0 radical (unpaired) electrons. The standard InChI is InChI=1S/C19H24N4O2/c1-19(2,3)18(25)22-16-10-14(9-15(20)11-16)17(24)21-12-13-5-7-23(4)8-6-13/h5-11H,12,20H2,1-4H3,(H-,21,22,24,25)/p+1. The Labute approximate surface area is 148 Å². The molecule has 132 valence electrons. The molecule has 2 amide bonds. The smallest absolute Gasteiger partial charge is 0.251 e. The zero-order valence-corrected chi connectivity index (χ0v) is 15.1. The SMILES string of the molecule is C[n+]1ccc(CNC(=O)c2cc(N)cc(NC(=O)C(C)(C)C)c2)cc1. The zero-order chi connectivity index (χ0) is 18.6. The van der Waals surface area contributed by atoms with Crippen molar-refractivity contribution in [1.82, 2.24) is 5.32 Å². The first-order valence-electron chi connectivity index (χ1n) is 8.09.